The van der Waals surface area contributed by atoms with Crippen LogP contribution in [0.5, 0.6) is 5.88 Å². The predicted molar refractivity (Wildman–Crippen MR) is 71.5 cm³/mol. The van der Waals surface area contributed by atoms with Crippen LogP contribution in [0.2, 0.25) is 0 Å². The predicted octanol–water partition coefficient (Wildman–Crippen LogP) is 2.13. The van der Waals surface area contributed by atoms with Crippen LogP contribution in [0.15, 0.2) is 54.7 Å². The van der Waals surface area contributed by atoms with Crippen molar-refractivity contribution in [1.82, 2.24) is 9.66 Å². The van der Waals surface area contributed by atoms with Crippen molar-refractivity contribution in [2.24, 2.45) is 0 Å². The van der Waals surface area contributed by atoms with E-state index in [2.05, 4.69) is 10.4 Å². The summed E-state index contributed by atoms with van der Waals surface area (Å²) in [4.78, 5) is 16.0. The Labute approximate surface area is 109 Å². The third-order valence-corrected chi connectivity index (χ3v) is 2.80. The fourth-order valence-electron chi connectivity index (χ4n) is 1.91. The highest BCUT2D eigenvalue weighted by Gasteiger charge is 2.12. The van der Waals surface area contributed by atoms with E-state index in [9.17, 15) is 9.90 Å². The minimum atomic E-state index is -0.378. The van der Waals surface area contributed by atoms with Gasteiger partial charge in [0.25, 0.3) is 5.91 Å². The van der Waals surface area contributed by atoms with E-state index in [1.54, 1.807) is 30.5 Å². The highest BCUT2D eigenvalue weighted by Crippen LogP contribution is 2.22. The van der Waals surface area contributed by atoms with Gasteiger partial charge in [-0.2, -0.15) is 0 Å². The maximum Gasteiger partial charge on any atom is 0.288 e. The van der Waals surface area contributed by atoms with Crippen molar-refractivity contribution in [3.63, 3.8) is 0 Å². The van der Waals surface area contributed by atoms with Gasteiger partial charge in [0.2, 0.25) is 5.88 Å². The number of benzene rings is 1. The van der Waals surface area contributed by atoms with Gasteiger partial charge >= 0.3 is 0 Å². The van der Waals surface area contributed by atoms with Gasteiger partial charge in [-0.25, -0.2) is 4.68 Å². The lowest BCUT2D eigenvalue weighted by molar-refractivity contribution is 0.100. The van der Waals surface area contributed by atoms with Crippen LogP contribution in [-0.4, -0.2) is 20.7 Å². The van der Waals surface area contributed by atoms with Crippen molar-refractivity contribution in [2.45, 2.75) is 0 Å². The number of rotatable bonds is 2. The maximum absolute atomic E-state index is 12.0. The maximum atomic E-state index is 12.0. The van der Waals surface area contributed by atoms with Crippen molar-refractivity contribution >= 4 is 16.8 Å². The Morgan fingerprint density at radius 1 is 1.16 bits per heavy atom. The molecule has 19 heavy (non-hydrogen) atoms. The monoisotopic (exact) mass is 253 g/mol. The molecule has 0 aliphatic heterocycles. The third-order valence-electron chi connectivity index (χ3n) is 2.80. The van der Waals surface area contributed by atoms with Crippen LogP contribution >= 0.6 is 0 Å². The number of fused-ring (bicyclic) bond motifs is 1. The number of amides is 1. The summed E-state index contributed by atoms with van der Waals surface area (Å²) in [5.41, 5.74) is 3.63. The molecule has 0 radical (unpaired) electrons. The summed E-state index contributed by atoms with van der Waals surface area (Å²) in [7, 11) is 0. The van der Waals surface area contributed by atoms with Crippen LogP contribution in [-0.2, 0) is 0 Å². The lowest BCUT2D eigenvalue weighted by atomic mass is 10.2. The molecule has 0 saturated heterocycles. The molecule has 5 heteroatoms. The van der Waals surface area contributed by atoms with Crippen molar-refractivity contribution in [3.8, 4) is 5.88 Å². The summed E-state index contributed by atoms with van der Waals surface area (Å²) in [6.45, 7) is 0. The van der Waals surface area contributed by atoms with E-state index < -0.39 is 0 Å². The van der Waals surface area contributed by atoms with Gasteiger partial charge in [0.15, 0.2) is 0 Å². The first-order valence-corrected chi connectivity index (χ1v) is 5.77. The molecule has 94 valence electrons. The number of nitrogens with one attached hydrogen (secondary N) is 1. The van der Waals surface area contributed by atoms with Crippen LogP contribution in [0.1, 0.15) is 10.5 Å². The zero-order valence-electron chi connectivity index (χ0n) is 9.95. The van der Waals surface area contributed by atoms with Gasteiger partial charge < -0.3 is 5.11 Å². The molecule has 0 unspecified atom stereocenters. The highest BCUT2D eigenvalue weighted by molar-refractivity contribution is 5.99. The van der Waals surface area contributed by atoms with E-state index in [1.807, 2.05) is 24.3 Å². The van der Waals surface area contributed by atoms with Crippen molar-refractivity contribution in [1.29, 1.82) is 0 Å². The molecule has 0 aliphatic rings. The zero-order valence-corrected chi connectivity index (χ0v) is 9.95. The van der Waals surface area contributed by atoms with Gasteiger partial charge in [-0.3, -0.25) is 15.2 Å². The molecule has 5 nitrogen and oxygen atoms in total. The zero-order chi connectivity index (χ0) is 13.2. The summed E-state index contributed by atoms with van der Waals surface area (Å²) >= 11 is 0. The number of carbonyl (C=O) groups is 1. The molecule has 3 rings (SSSR count). The van der Waals surface area contributed by atoms with Gasteiger partial charge in [0.1, 0.15) is 5.69 Å². The number of aromatic hydroxyl groups is 1. The molecule has 0 aliphatic carbocycles. The lowest BCUT2D eigenvalue weighted by Crippen LogP contribution is -2.23. The molecule has 1 amide bonds. The quantitative estimate of drug-likeness (QED) is 0.735. The van der Waals surface area contributed by atoms with Gasteiger partial charge in [-0.15, -0.1) is 0 Å². The molecule has 0 bridgehead atoms. The van der Waals surface area contributed by atoms with Crippen LogP contribution in [0.4, 0.5) is 0 Å². The second-order valence-corrected chi connectivity index (χ2v) is 4.05. The first-order valence-electron chi connectivity index (χ1n) is 5.77. The third kappa shape index (κ3) is 2.01. The Kier molecular flexibility index (Phi) is 2.64. The fraction of sp³-hybridized carbons (Fsp3) is 0. The molecular formula is C14H11N3O2. The van der Waals surface area contributed by atoms with Crippen molar-refractivity contribution < 1.29 is 9.90 Å². The van der Waals surface area contributed by atoms with Crippen LogP contribution < -0.4 is 5.43 Å². The average molecular weight is 253 g/mol. The summed E-state index contributed by atoms with van der Waals surface area (Å²) in [6.07, 6.45) is 1.54. The number of hydrogen-bond donors (Lipinski definition) is 2. The molecular weight excluding hydrogens is 242 g/mol. The molecule has 1 aromatic carbocycles. The van der Waals surface area contributed by atoms with Crippen LogP contribution in [0, 0.1) is 0 Å². The fourth-order valence-corrected chi connectivity index (χ4v) is 1.91. The SMILES string of the molecule is O=C(Nn1c(O)cc2ccccc21)c1ccccn1. The molecule has 0 fully saturated rings. The second-order valence-electron chi connectivity index (χ2n) is 4.05. The Morgan fingerprint density at radius 2 is 1.95 bits per heavy atom. The standard InChI is InChI=1S/C14H11N3O2/c18-13-9-10-5-1-2-7-12(10)17(13)16-14(19)11-6-3-4-8-15-11/h1-9,18H,(H,16,19). The molecule has 0 saturated carbocycles. The molecule has 2 heterocycles. The molecule has 2 N–H and O–H groups in total. The number of hydrogen-bond acceptors (Lipinski definition) is 3. The summed E-state index contributed by atoms with van der Waals surface area (Å²) in [5.74, 6) is -0.400. The van der Waals surface area contributed by atoms with Crippen LogP contribution in [0.3, 0.4) is 0 Å². The highest BCUT2D eigenvalue weighted by atomic mass is 16.3. The number of para-hydroxylation sites is 1. The molecule has 2 aromatic heterocycles. The Balaban J connectivity index is 1.98. The number of pyridine rings is 1. The smallest absolute Gasteiger partial charge is 0.288 e. The Morgan fingerprint density at radius 3 is 2.74 bits per heavy atom. The first kappa shape index (κ1) is 11.3. The number of nitrogens with zero attached hydrogens (tertiary/aromatic N) is 2. The normalized spacial score (nSPS) is 10.5. The van der Waals surface area contributed by atoms with Crippen molar-refractivity contribution in [2.75, 3.05) is 5.43 Å². The van der Waals surface area contributed by atoms with E-state index in [-0.39, 0.29) is 11.8 Å². The van der Waals surface area contributed by atoms with E-state index >= 15 is 0 Å². The van der Waals surface area contributed by atoms with E-state index in [4.69, 9.17) is 0 Å². The number of carbonyl (C=O) groups excluding carboxylic acids is 1. The van der Waals surface area contributed by atoms with Gasteiger partial charge in [0, 0.05) is 17.6 Å². The summed E-state index contributed by atoms with van der Waals surface area (Å²) < 4.78 is 1.34. The number of aromatic nitrogens is 2. The minimum Gasteiger partial charge on any atom is -0.493 e. The van der Waals surface area contributed by atoms with E-state index in [0.29, 0.717) is 5.69 Å². The van der Waals surface area contributed by atoms with Gasteiger partial charge in [-0.05, 0) is 18.2 Å². The minimum absolute atomic E-state index is 0.0227. The molecule has 0 atom stereocenters. The van der Waals surface area contributed by atoms with E-state index in [1.165, 1.54) is 4.68 Å². The van der Waals surface area contributed by atoms with E-state index in [0.717, 1.165) is 10.9 Å². The lowest BCUT2D eigenvalue weighted by Gasteiger charge is -2.08. The van der Waals surface area contributed by atoms with Gasteiger partial charge in [0.05, 0.1) is 5.52 Å². The Bertz CT molecular complexity index is 735. The van der Waals surface area contributed by atoms with Crippen molar-refractivity contribution in [3.05, 3.63) is 60.4 Å². The molecule has 0 spiro atoms. The van der Waals surface area contributed by atoms with Crippen LogP contribution in [0.25, 0.3) is 10.9 Å². The Hall–Kier alpha value is -2.82. The molecule has 3 aromatic rings. The second kappa shape index (κ2) is 4.45. The average Bonchev–Trinajstić information content (AvgIpc) is 2.76. The topological polar surface area (TPSA) is 67.2 Å². The first-order chi connectivity index (χ1) is 9.25. The van der Waals surface area contributed by atoms with Gasteiger partial charge in [-0.1, -0.05) is 24.3 Å². The summed E-state index contributed by atoms with van der Waals surface area (Å²) in [5, 5.41) is 10.7. The summed E-state index contributed by atoms with van der Waals surface area (Å²) in [6, 6.07) is 14.0. The largest absolute Gasteiger partial charge is 0.493 e.